The summed E-state index contributed by atoms with van der Waals surface area (Å²) in [6.45, 7) is 1.02. The Balaban J connectivity index is 1.98. The molecule has 3 rings (SSSR count). The average molecular weight is 294 g/mol. The summed E-state index contributed by atoms with van der Waals surface area (Å²) < 4.78 is 32.8. The van der Waals surface area contributed by atoms with E-state index in [4.69, 9.17) is 16.3 Å². The van der Waals surface area contributed by atoms with Gasteiger partial charge in [-0.25, -0.2) is 8.42 Å². The molecule has 0 unspecified atom stereocenters. The number of hydrogen-bond acceptors (Lipinski definition) is 4. The molecule has 0 amide bonds. The fourth-order valence-electron chi connectivity index (χ4n) is 2.52. The summed E-state index contributed by atoms with van der Waals surface area (Å²) in [6.07, 6.45) is 1.78. The number of sulfonamides is 1. The van der Waals surface area contributed by atoms with E-state index in [2.05, 4.69) is 0 Å². The second-order valence-electron chi connectivity index (χ2n) is 4.32. The van der Waals surface area contributed by atoms with Gasteiger partial charge in [-0.3, -0.25) is 0 Å². The first-order valence-corrected chi connectivity index (χ1v) is 8.09. The van der Waals surface area contributed by atoms with Gasteiger partial charge in [-0.15, -0.1) is 11.3 Å². The Bertz CT molecular complexity index is 511. The van der Waals surface area contributed by atoms with Gasteiger partial charge in [0, 0.05) is 12.1 Å². The first-order chi connectivity index (χ1) is 8.09. The van der Waals surface area contributed by atoms with Crippen molar-refractivity contribution in [3.05, 3.63) is 16.5 Å². The fraction of sp³-hybridized carbons (Fsp3) is 0.600. The second-order valence-corrected chi connectivity index (χ2v) is 8.10. The highest BCUT2D eigenvalue weighted by molar-refractivity contribution is 7.91. The topological polar surface area (TPSA) is 46.6 Å². The molecule has 17 heavy (non-hydrogen) atoms. The highest BCUT2D eigenvalue weighted by Gasteiger charge is 2.45. The molecule has 0 spiro atoms. The van der Waals surface area contributed by atoms with E-state index >= 15 is 0 Å². The van der Waals surface area contributed by atoms with Crippen LogP contribution in [0.3, 0.4) is 0 Å². The van der Waals surface area contributed by atoms with Crippen LogP contribution >= 0.6 is 22.9 Å². The number of ether oxygens (including phenoxy) is 1. The van der Waals surface area contributed by atoms with E-state index in [0.717, 1.165) is 24.2 Å². The zero-order chi connectivity index (χ0) is 12.0. The third kappa shape index (κ3) is 1.92. The van der Waals surface area contributed by atoms with Gasteiger partial charge >= 0.3 is 0 Å². The van der Waals surface area contributed by atoms with Crippen LogP contribution in [0.4, 0.5) is 0 Å². The number of fused-ring (bicyclic) bond motifs is 2. The van der Waals surface area contributed by atoms with Crippen molar-refractivity contribution >= 4 is 33.0 Å². The Kier molecular flexibility index (Phi) is 2.95. The van der Waals surface area contributed by atoms with Crippen LogP contribution in [0.2, 0.25) is 4.34 Å². The maximum atomic E-state index is 12.5. The molecule has 0 aromatic carbocycles. The third-order valence-electron chi connectivity index (χ3n) is 3.25. The van der Waals surface area contributed by atoms with Crippen molar-refractivity contribution in [2.24, 2.45) is 0 Å². The van der Waals surface area contributed by atoms with Gasteiger partial charge in [0.2, 0.25) is 0 Å². The Morgan fingerprint density at radius 1 is 1.29 bits per heavy atom. The Morgan fingerprint density at radius 2 is 1.94 bits per heavy atom. The summed E-state index contributed by atoms with van der Waals surface area (Å²) in [6, 6.07) is 3.21. The SMILES string of the molecule is O=S(=O)(c1ccc(Cl)s1)N1[C@H]2CC[C@H]1COC2. The highest BCUT2D eigenvalue weighted by atomic mass is 35.5. The maximum Gasteiger partial charge on any atom is 0.253 e. The molecule has 0 aliphatic carbocycles. The molecule has 2 aliphatic rings. The standard InChI is InChI=1S/C10H12ClNO3S2/c11-9-3-4-10(16-9)17(13,14)12-7-1-2-8(12)6-15-5-7/h3-4,7-8H,1-2,5-6H2/t7-,8-/m0/s1. The van der Waals surface area contributed by atoms with Crippen LogP contribution in [0, 0.1) is 0 Å². The number of morpholine rings is 1. The van der Waals surface area contributed by atoms with E-state index in [-0.39, 0.29) is 12.1 Å². The van der Waals surface area contributed by atoms with E-state index < -0.39 is 10.0 Å². The van der Waals surface area contributed by atoms with Gasteiger partial charge in [0.15, 0.2) is 0 Å². The molecule has 3 heterocycles. The number of rotatable bonds is 2. The summed E-state index contributed by atoms with van der Waals surface area (Å²) in [7, 11) is -3.39. The lowest BCUT2D eigenvalue weighted by Gasteiger charge is -2.32. The molecule has 0 N–H and O–H groups in total. The molecule has 0 radical (unpaired) electrons. The lowest BCUT2D eigenvalue weighted by molar-refractivity contribution is 0.0270. The van der Waals surface area contributed by atoms with Gasteiger partial charge in [0.25, 0.3) is 10.0 Å². The van der Waals surface area contributed by atoms with Crippen LogP contribution < -0.4 is 0 Å². The number of nitrogens with zero attached hydrogens (tertiary/aromatic N) is 1. The molecule has 94 valence electrons. The molecule has 2 bridgehead atoms. The Hall–Kier alpha value is -0.140. The van der Waals surface area contributed by atoms with Gasteiger partial charge in [-0.2, -0.15) is 4.31 Å². The predicted molar refractivity (Wildman–Crippen MR) is 66.0 cm³/mol. The van der Waals surface area contributed by atoms with Crippen molar-refractivity contribution in [3.8, 4) is 0 Å². The fourth-order valence-corrected chi connectivity index (χ4v) is 5.95. The monoisotopic (exact) mass is 293 g/mol. The molecule has 2 aliphatic heterocycles. The van der Waals surface area contributed by atoms with E-state index in [0.29, 0.717) is 21.8 Å². The van der Waals surface area contributed by atoms with Gasteiger partial charge in [-0.1, -0.05) is 11.6 Å². The van der Waals surface area contributed by atoms with E-state index in [1.165, 1.54) is 0 Å². The Labute approximate surface area is 109 Å². The minimum atomic E-state index is -3.39. The van der Waals surface area contributed by atoms with Crippen LogP contribution in [-0.2, 0) is 14.8 Å². The molecular formula is C10H12ClNO3S2. The zero-order valence-corrected chi connectivity index (χ0v) is 11.4. The lowest BCUT2D eigenvalue weighted by Crippen LogP contribution is -2.48. The second kappa shape index (κ2) is 4.20. The van der Waals surface area contributed by atoms with E-state index in [9.17, 15) is 8.42 Å². The van der Waals surface area contributed by atoms with Gasteiger partial charge in [-0.05, 0) is 25.0 Å². The highest BCUT2D eigenvalue weighted by Crippen LogP contribution is 2.37. The zero-order valence-electron chi connectivity index (χ0n) is 9.00. The normalized spacial score (nSPS) is 29.7. The summed E-state index contributed by atoms with van der Waals surface area (Å²) in [4.78, 5) is 0. The quantitative estimate of drug-likeness (QED) is 0.837. The van der Waals surface area contributed by atoms with Crippen LogP contribution in [0.1, 0.15) is 12.8 Å². The van der Waals surface area contributed by atoms with Crippen molar-refractivity contribution in [2.45, 2.75) is 29.1 Å². The van der Waals surface area contributed by atoms with Crippen molar-refractivity contribution in [3.63, 3.8) is 0 Å². The van der Waals surface area contributed by atoms with Crippen LogP contribution in [0.15, 0.2) is 16.3 Å². The predicted octanol–water partition coefficient (Wildman–Crippen LogP) is 1.95. The molecule has 2 atom stereocenters. The smallest absolute Gasteiger partial charge is 0.253 e. The first-order valence-electron chi connectivity index (χ1n) is 5.45. The van der Waals surface area contributed by atoms with Gasteiger partial charge in [0.05, 0.1) is 17.6 Å². The first kappa shape index (κ1) is 11.9. The molecule has 4 nitrogen and oxygen atoms in total. The number of thiophene rings is 1. The summed E-state index contributed by atoms with van der Waals surface area (Å²) >= 11 is 6.92. The minimum absolute atomic E-state index is 0.000347. The maximum absolute atomic E-state index is 12.5. The van der Waals surface area contributed by atoms with Crippen LogP contribution in [-0.4, -0.2) is 38.0 Å². The number of hydrogen-bond donors (Lipinski definition) is 0. The molecule has 1 aromatic heterocycles. The molecular weight excluding hydrogens is 282 g/mol. The summed E-state index contributed by atoms with van der Waals surface area (Å²) in [5, 5.41) is 0. The van der Waals surface area contributed by atoms with Crippen LogP contribution in [0.25, 0.3) is 0 Å². The molecule has 2 saturated heterocycles. The lowest BCUT2D eigenvalue weighted by atomic mass is 10.2. The van der Waals surface area contributed by atoms with Crippen molar-refractivity contribution in [1.29, 1.82) is 0 Å². The largest absolute Gasteiger partial charge is 0.378 e. The molecule has 1 aromatic rings. The molecule has 2 fully saturated rings. The van der Waals surface area contributed by atoms with E-state index in [1.807, 2.05) is 0 Å². The molecule has 7 heteroatoms. The average Bonchev–Trinajstić information content (AvgIpc) is 2.82. The minimum Gasteiger partial charge on any atom is -0.378 e. The molecule has 0 saturated carbocycles. The van der Waals surface area contributed by atoms with Crippen molar-refractivity contribution in [1.82, 2.24) is 4.31 Å². The van der Waals surface area contributed by atoms with E-state index in [1.54, 1.807) is 16.4 Å². The van der Waals surface area contributed by atoms with Crippen molar-refractivity contribution in [2.75, 3.05) is 13.2 Å². The van der Waals surface area contributed by atoms with Crippen LogP contribution in [0.5, 0.6) is 0 Å². The summed E-state index contributed by atoms with van der Waals surface area (Å²) in [5.41, 5.74) is 0. The third-order valence-corrected chi connectivity index (χ3v) is 6.96. The Morgan fingerprint density at radius 3 is 2.47 bits per heavy atom. The van der Waals surface area contributed by atoms with Gasteiger partial charge in [0.1, 0.15) is 4.21 Å². The van der Waals surface area contributed by atoms with Crippen molar-refractivity contribution < 1.29 is 13.2 Å². The summed E-state index contributed by atoms with van der Waals surface area (Å²) in [5.74, 6) is 0. The van der Waals surface area contributed by atoms with Gasteiger partial charge < -0.3 is 4.74 Å². The number of halogens is 1.